The van der Waals surface area contributed by atoms with Gasteiger partial charge in [0.15, 0.2) is 0 Å². The van der Waals surface area contributed by atoms with Gasteiger partial charge in [0.25, 0.3) is 0 Å². The summed E-state index contributed by atoms with van der Waals surface area (Å²) in [4.78, 5) is 0. The Balaban J connectivity index is 2.31. The monoisotopic (exact) mass is 336 g/mol. The highest BCUT2D eigenvalue weighted by atomic mass is 79.9. The van der Waals surface area contributed by atoms with Crippen molar-refractivity contribution in [2.45, 2.75) is 26.3 Å². The molecule has 4 heteroatoms. The Bertz CT molecular complexity index is 593. The van der Waals surface area contributed by atoms with E-state index in [0.717, 1.165) is 10.0 Å². The molecule has 0 spiro atoms. The molecule has 0 aromatic heterocycles. The van der Waals surface area contributed by atoms with Crippen LogP contribution in [0.15, 0.2) is 40.9 Å². The standard InChI is InChI=1S/C16H18BrFN2/c1-10-6-7-12(8-11(10)2)9-15(20-19)16-13(17)4-3-5-14(16)18/h3-8,15,20H,9,19H2,1-2H3. The lowest BCUT2D eigenvalue weighted by Gasteiger charge is -2.19. The van der Waals surface area contributed by atoms with Crippen LogP contribution in [0.3, 0.4) is 0 Å². The van der Waals surface area contributed by atoms with Gasteiger partial charge in [0, 0.05) is 10.0 Å². The molecule has 0 radical (unpaired) electrons. The minimum absolute atomic E-state index is 0.258. The van der Waals surface area contributed by atoms with Crippen LogP contribution in [0.25, 0.3) is 0 Å². The average molecular weight is 337 g/mol. The molecular formula is C16H18BrFN2. The number of rotatable bonds is 4. The van der Waals surface area contributed by atoms with Crippen LogP contribution < -0.4 is 11.3 Å². The van der Waals surface area contributed by atoms with Gasteiger partial charge in [-0.1, -0.05) is 40.2 Å². The van der Waals surface area contributed by atoms with Crippen molar-refractivity contribution in [1.29, 1.82) is 0 Å². The summed E-state index contributed by atoms with van der Waals surface area (Å²) in [6.07, 6.45) is 0.636. The largest absolute Gasteiger partial charge is 0.271 e. The lowest BCUT2D eigenvalue weighted by atomic mass is 9.96. The van der Waals surface area contributed by atoms with E-state index in [9.17, 15) is 4.39 Å². The zero-order chi connectivity index (χ0) is 14.7. The van der Waals surface area contributed by atoms with Gasteiger partial charge in [-0.25, -0.2) is 4.39 Å². The Morgan fingerprint density at radius 1 is 1.20 bits per heavy atom. The summed E-state index contributed by atoms with van der Waals surface area (Å²) in [6, 6.07) is 10.9. The first-order chi connectivity index (χ1) is 9.52. The molecule has 1 unspecified atom stereocenters. The van der Waals surface area contributed by atoms with Crippen LogP contribution in [0.1, 0.15) is 28.3 Å². The normalized spacial score (nSPS) is 12.4. The average Bonchev–Trinajstić information content (AvgIpc) is 2.41. The third-order valence-electron chi connectivity index (χ3n) is 3.56. The Morgan fingerprint density at radius 3 is 2.55 bits per heavy atom. The molecule has 0 amide bonds. The van der Waals surface area contributed by atoms with E-state index >= 15 is 0 Å². The fraction of sp³-hybridized carbons (Fsp3) is 0.250. The Kier molecular flexibility index (Phi) is 4.91. The van der Waals surface area contributed by atoms with Crippen LogP contribution in [0.5, 0.6) is 0 Å². The van der Waals surface area contributed by atoms with Crippen molar-refractivity contribution in [2.75, 3.05) is 0 Å². The van der Waals surface area contributed by atoms with Gasteiger partial charge in [-0.3, -0.25) is 11.3 Å². The van der Waals surface area contributed by atoms with Gasteiger partial charge in [-0.2, -0.15) is 0 Å². The molecular weight excluding hydrogens is 319 g/mol. The highest BCUT2D eigenvalue weighted by Gasteiger charge is 2.18. The highest BCUT2D eigenvalue weighted by Crippen LogP contribution is 2.28. The van der Waals surface area contributed by atoms with Gasteiger partial charge in [-0.15, -0.1) is 0 Å². The molecule has 1 atom stereocenters. The molecule has 0 saturated heterocycles. The van der Waals surface area contributed by atoms with Gasteiger partial charge in [0.2, 0.25) is 0 Å². The van der Waals surface area contributed by atoms with Gasteiger partial charge in [-0.05, 0) is 49.1 Å². The minimum atomic E-state index is -0.271. The van der Waals surface area contributed by atoms with E-state index in [1.54, 1.807) is 6.07 Å². The Morgan fingerprint density at radius 2 is 1.95 bits per heavy atom. The number of hydrazine groups is 1. The molecule has 2 aromatic carbocycles. The second-order valence-electron chi connectivity index (χ2n) is 4.98. The second kappa shape index (κ2) is 6.48. The van der Waals surface area contributed by atoms with Crippen molar-refractivity contribution in [2.24, 2.45) is 5.84 Å². The molecule has 106 valence electrons. The van der Waals surface area contributed by atoms with Crippen LogP contribution in [0.4, 0.5) is 4.39 Å². The highest BCUT2D eigenvalue weighted by molar-refractivity contribution is 9.10. The molecule has 0 bridgehead atoms. The van der Waals surface area contributed by atoms with E-state index in [2.05, 4.69) is 53.4 Å². The lowest BCUT2D eigenvalue weighted by molar-refractivity contribution is 0.508. The number of hydrogen-bond donors (Lipinski definition) is 2. The van der Waals surface area contributed by atoms with Crippen molar-refractivity contribution in [1.82, 2.24) is 5.43 Å². The first-order valence-corrected chi connectivity index (χ1v) is 7.28. The predicted octanol–water partition coefficient (Wildman–Crippen LogP) is 3.95. The summed E-state index contributed by atoms with van der Waals surface area (Å²) in [5.74, 6) is 5.36. The SMILES string of the molecule is Cc1ccc(CC(NN)c2c(F)cccc2Br)cc1C. The zero-order valence-electron chi connectivity index (χ0n) is 11.6. The zero-order valence-corrected chi connectivity index (χ0v) is 13.2. The van der Waals surface area contributed by atoms with Crippen molar-refractivity contribution in [3.63, 3.8) is 0 Å². The first-order valence-electron chi connectivity index (χ1n) is 6.49. The maximum absolute atomic E-state index is 14.0. The van der Waals surface area contributed by atoms with E-state index in [-0.39, 0.29) is 11.9 Å². The van der Waals surface area contributed by atoms with Crippen LogP contribution in [0.2, 0.25) is 0 Å². The molecule has 2 rings (SSSR count). The summed E-state index contributed by atoms with van der Waals surface area (Å²) in [5.41, 5.74) is 6.88. The topological polar surface area (TPSA) is 38.0 Å². The molecule has 20 heavy (non-hydrogen) atoms. The summed E-state index contributed by atoms with van der Waals surface area (Å²) in [7, 11) is 0. The molecule has 0 saturated carbocycles. The van der Waals surface area contributed by atoms with E-state index in [4.69, 9.17) is 5.84 Å². The van der Waals surface area contributed by atoms with Crippen LogP contribution in [0, 0.1) is 19.7 Å². The lowest BCUT2D eigenvalue weighted by Crippen LogP contribution is -2.30. The molecule has 0 aliphatic heterocycles. The third-order valence-corrected chi connectivity index (χ3v) is 4.25. The number of hydrogen-bond acceptors (Lipinski definition) is 2. The van der Waals surface area contributed by atoms with Gasteiger partial charge in [0.1, 0.15) is 5.82 Å². The number of nitrogens with two attached hydrogens (primary N) is 1. The second-order valence-corrected chi connectivity index (χ2v) is 5.83. The van der Waals surface area contributed by atoms with Crippen LogP contribution in [-0.2, 0) is 6.42 Å². The fourth-order valence-corrected chi connectivity index (χ4v) is 2.87. The van der Waals surface area contributed by atoms with E-state index in [1.165, 1.54) is 17.2 Å². The number of nitrogens with one attached hydrogen (secondary N) is 1. The Hall–Kier alpha value is -1.23. The number of halogens is 2. The van der Waals surface area contributed by atoms with E-state index < -0.39 is 0 Å². The number of aryl methyl sites for hydroxylation is 2. The molecule has 3 N–H and O–H groups in total. The van der Waals surface area contributed by atoms with E-state index in [1.807, 2.05) is 6.07 Å². The van der Waals surface area contributed by atoms with Crippen molar-refractivity contribution >= 4 is 15.9 Å². The van der Waals surface area contributed by atoms with Gasteiger partial charge >= 0.3 is 0 Å². The Labute approximate surface area is 127 Å². The first kappa shape index (κ1) is 15.2. The smallest absolute Gasteiger partial charge is 0.129 e. The molecule has 0 fully saturated rings. The maximum atomic E-state index is 14.0. The quantitative estimate of drug-likeness (QED) is 0.655. The summed E-state index contributed by atoms with van der Waals surface area (Å²) < 4.78 is 14.7. The van der Waals surface area contributed by atoms with Gasteiger partial charge in [0.05, 0.1) is 6.04 Å². The van der Waals surface area contributed by atoms with Crippen molar-refractivity contribution in [3.8, 4) is 0 Å². The molecule has 0 heterocycles. The minimum Gasteiger partial charge on any atom is -0.271 e. The van der Waals surface area contributed by atoms with Crippen LogP contribution in [-0.4, -0.2) is 0 Å². The molecule has 2 nitrogen and oxygen atoms in total. The fourth-order valence-electron chi connectivity index (χ4n) is 2.25. The number of benzene rings is 2. The van der Waals surface area contributed by atoms with Crippen molar-refractivity contribution in [3.05, 3.63) is 68.9 Å². The molecule has 0 aliphatic carbocycles. The summed E-state index contributed by atoms with van der Waals surface area (Å²) in [5, 5.41) is 0. The van der Waals surface area contributed by atoms with Crippen molar-refractivity contribution < 1.29 is 4.39 Å². The maximum Gasteiger partial charge on any atom is 0.129 e. The van der Waals surface area contributed by atoms with Crippen LogP contribution >= 0.6 is 15.9 Å². The third kappa shape index (κ3) is 3.26. The molecule has 2 aromatic rings. The summed E-state index contributed by atoms with van der Waals surface area (Å²) >= 11 is 3.39. The van der Waals surface area contributed by atoms with E-state index in [0.29, 0.717) is 12.0 Å². The van der Waals surface area contributed by atoms with Gasteiger partial charge < -0.3 is 0 Å². The summed E-state index contributed by atoms with van der Waals surface area (Å²) in [6.45, 7) is 4.15. The molecule has 0 aliphatic rings. The predicted molar refractivity (Wildman–Crippen MR) is 83.8 cm³/mol.